The van der Waals surface area contributed by atoms with Crippen molar-refractivity contribution >= 4 is 5.97 Å². The van der Waals surface area contributed by atoms with Crippen molar-refractivity contribution in [3.63, 3.8) is 0 Å². The summed E-state index contributed by atoms with van der Waals surface area (Å²) in [6.07, 6.45) is -4.13. The zero-order chi connectivity index (χ0) is 21.0. The SMILES string of the molecule is CC(Oc1ccc(C(=O)O)cc1C(F)(F)F)c1ccc(Oc2ccccc2)cn1. The highest BCUT2D eigenvalue weighted by Crippen LogP contribution is 2.38. The Morgan fingerprint density at radius 3 is 2.34 bits per heavy atom. The maximum atomic E-state index is 13.3. The number of rotatable bonds is 6. The molecule has 0 aliphatic heterocycles. The standard InChI is InChI=1S/C21H16F3NO4/c1-13(18-9-8-16(12-25-18)29-15-5-3-2-4-6-15)28-19-10-7-14(20(26)27)11-17(19)21(22,23)24/h2-13H,1H3,(H,26,27). The van der Waals surface area contributed by atoms with Crippen molar-refractivity contribution in [3.05, 3.63) is 83.7 Å². The van der Waals surface area contributed by atoms with E-state index >= 15 is 0 Å². The lowest BCUT2D eigenvalue weighted by Gasteiger charge is -2.19. The first kappa shape index (κ1) is 20.2. The lowest BCUT2D eigenvalue weighted by Crippen LogP contribution is -2.13. The molecular weight excluding hydrogens is 387 g/mol. The normalized spacial score (nSPS) is 12.3. The topological polar surface area (TPSA) is 68.7 Å². The average molecular weight is 403 g/mol. The van der Waals surface area contributed by atoms with Gasteiger partial charge < -0.3 is 14.6 Å². The fourth-order valence-corrected chi connectivity index (χ4v) is 2.56. The van der Waals surface area contributed by atoms with E-state index in [2.05, 4.69) is 4.98 Å². The van der Waals surface area contributed by atoms with Crippen LogP contribution in [0, 0.1) is 0 Å². The molecule has 0 radical (unpaired) electrons. The van der Waals surface area contributed by atoms with Crippen LogP contribution in [0.4, 0.5) is 13.2 Å². The number of hydrogen-bond acceptors (Lipinski definition) is 4. The van der Waals surface area contributed by atoms with Gasteiger partial charge in [-0.15, -0.1) is 0 Å². The Morgan fingerprint density at radius 1 is 1.03 bits per heavy atom. The third-order valence-corrected chi connectivity index (χ3v) is 3.99. The summed E-state index contributed by atoms with van der Waals surface area (Å²) in [5.74, 6) is -0.833. The summed E-state index contributed by atoms with van der Waals surface area (Å²) in [6.45, 7) is 1.55. The molecular formula is C21H16F3NO4. The van der Waals surface area contributed by atoms with Crippen LogP contribution >= 0.6 is 0 Å². The largest absolute Gasteiger partial charge is 0.484 e. The number of carboxylic acids is 1. The number of benzene rings is 2. The van der Waals surface area contributed by atoms with Gasteiger partial charge in [0.1, 0.15) is 23.4 Å². The highest BCUT2D eigenvalue weighted by Gasteiger charge is 2.35. The van der Waals surface area contributed by atoms with Crippen LogP contribution < -0.4 is 9.47 Å². The molecule has 1 heterocycles. The molecule has 0 saturated carbocycles. The Labute approximate surface area is 164 Å². The minimum atomic E-state index is -4.76. The van der Waals surface area contributed by atoms with Gasteiger partial charge in [0, 0.05) is 0 Å². The second-order valence-corrected chi connectivity index (χ2v) is 6.11. The summed E-state index contributed by atoms with van der Waals surface area (Å²) < 4.78 is 51.0. The molecule has 1 aromatic heterocycles. The Balaban J connectivity index is 1.78. The van der Waals surface area contributed by atoms with E-state index in [9.17, 15) is 18.0 Å². The van der Waals surface area contributed by atoms with Crippen LogP contribution in [0.1, 0.15) is 34.6 Å². The fraction of sp³-hybridized carbons (Fsp3) is 0.143. The minimum Gasteiger partial charge on any atom is -0.484 e. The molecule has 3 rings (SSSR count). The Hall–Kier alpha value is -3.55. The molecule has 3 aromatic rings. The predicted octanol–water partition coefficient (Wildman–Crippen LogP) is 5.73. The maximum absolute atomic E-state index is 13.3. The lowest BCUT2D eigenvalue weighted by atomic mass is 10.1. The molecule has 29 heavy (non-hydrogen) atoms. The zero-order valence-corrected chi connectivity index (χ0v) is 15.2. The smallest absolute Gasteiger partial charge is 0.419 e. The predicted molar refractivity (Wildman–Crippen MR) is 98.2 cm³/mol. The molecule has 2 aromatic carbocycles. The summed E-state index contributed by atoms with van der Waals surface area (Å²) in [5, 5.41) is 8.93. The third kappa shape index (κ3) is 5.04. The average Bonchev–Trinajstić information content (AvgIpc) is 2.68. The van der Waals surface area contributed by atoms with Gasteiger partial charge in [0.2, 0.25) is 0 Å². The summed E-state index contributed by atoms with van der Waals surface area (Å²) in [4.78, 5) is 15.2. The van der Waals surface area contributed by atoms with E-state index in [0.29, 0.717) is 23.3 Å². The number of pyridine rings is 1. The van der Waals surface area contributed by atoms with Crippen molar-refractivity contribution in [2.45, 2.75) is 19.2 Å². The number of halogens is 3. The quantitative estimate of drug-likeness (QED) is 0.569. The van der Waals surface area contributed by atoms with Gasteiger partial charge in [-0.05, 0) is 49.4 Å². The number of nitrogens with zero attached hydrogens (tertiary/aromatic N) is 1. The van der Waals surface area contributed by atoms with Crippen molar-refractivity contribution in [1.29, 1.82) is 0 Å². The lowest BCUT2D eigenvalue weighted by molar-refractivity contribution is -0.139. The number of ether oxygens (including phenoxy) is 2. The van der Waals surface area contributed by atoms with Crippen LogP contribution in [-0.4, -0.2) is 16.1 Å². The second-order valence-electron chi connectivity index (χ2n) is 6.11. The summed E-state index contributed by atoms with van der Waals surface area (Å²) in [5.41, 5.74) is -1.24. The zero-order valence-electron chi connectivity index (χ0n) is 15.2. The minimum absolute atomic E-state index is 0.390. The summed E-state index contributed by atoms with van der Waals surface area (Å²) in [7, 11) is 0. The van der Waals surface area contributed by atoms with Crippen molar-refractivity contribution in [2.75, 3.05) is 0 Å². The van der Waals surface area contributed by atoms with Crippen LogP contribution in [-0.2, 0) is 6.18 Å². The maximum Gasteiger partial charge on any atom is 0.419 e. The first-order valence-corrected chi connectivity index (χ1v) is 8.54. The number of para-hydroxylation sites is 1. The Kier molecular flexibility index (Phi) is 5.72. The number of aromatic carboxylic acids is 1. The molecule has 0 spiro atoms. The van der Waals surface area contributed by atoms with Crippen LogP contribution in [0.5, 0.6) is 17.2 Å². The van der Waals surface area contributed by atoms with Gasteiger partial charge in [0.25, 0.3) is 0 Å². The van der Waals surface area contributed by atoms with Crippen LogP contribution in [0.3, 0.4) is 0 Å². The number of hydrogen-bond donors (Lipinski definition) is 1. The van der Waals surface area contributed by atoms with Gasteiger partial charge in [-0.3, -0.25) is 4.98 Å². The molecule has 1 unspecified atom stereocenters. The van der Waals surface area contributed by atoms with Gasteiger partial charge in [-0.1, -0.05) is 18.2 Å². The van der Waals surface area contributed by atoms with E-state index in [-0.39, 0.29) is 0 Å². The van der Waals surface area contributed by atoms with Crippen molar-refractivity contribution in [2.24, 2.45) is 0 Å². The highest BCUT2D eigenvalue weighted by atomic mass is 19.4. The van der Waals surface area contributed by atoms with Gasteiger partial charge in [-0.25, -0.2) is 4.79 Å². The van der Waals surface area contributed by atoms with E-state index < -0.39 is 35.1 Å². The highest BCUT2D eigenvalue weighted by molar-refractivity contribution is 5.88. The molecule has 1 atom stereocenters. The van der Waals surface area contributed by atoms with E-state index in [0.717, 1.165) is 12.1 Å². The van der Waals surface area contributed by atoms with Gasteiger partial charge in [-0.2, -0.15) is 13.2 Å². The van der Waals surface area contributed by atoms with Crippen molar-refractivity contribution in [1.82, 2.24) is 4.98 Å². The van der Waals surface area contributed by atoms with E-state index in [4.69, 9.17) is 14.6 Å². The molecule has 0 aliphatic carbocycles. The van der Waals surface area contributed by atoms with Gasteiger partial charge >= 0.3 is 12.1 Å². The molecule has 8 heteroatoms. The Morgan fingerprint density at radius 2 is 1.76 bits per heavy atom. The first-order valence-electron chi connectivity index (χ1n) is 8.54. The van der Waals surface area contributed by atoms with Crippen LogP contribution in [0.2, 0.25) is 0 Å². The van der Waals surface area contributed by atoms with E-state index in [1.165, 1.54) is 6.20 Å². The molecule has 0 saturated heterocycles. The van der Waals surface area contributed by atoms with Gasteiger partial charge in [0.15, 0.2) is 0 Å². The monoisotopic (exact) mass is 403 g/mol. The summed E-state index contributed by atoms with van der Waals surface area (Å²) >= 11 is 0. The molecule has 0 fully saturated rings. The number of alkyl halides is 3. The molecule has 0 aliphatic rings. The van der Waals surface area contributed by atoms with Crippen LogP contribution in [0.15, 0.2) is 66.9 Å². The number of aromatic nitrogens is 1. The molecule has 0 amide bonds. The Bertz CT molecular complexity index is 989. The van der Waals surface area contributed by atoms with Crippen LogP contribution in [0.25, 0.3) is 0 Å². The molecule has 1 N–H and O–H groups in total. The molecule has 0 bridgehead atoms. The second kappa shape index (κ2) is 8.22. The van der Waals surface area contributed by atoms with Crippen molar-refractivity contribution in [3.8, 4) is 17.2 Å². The first-order chi connectivity index (χ1) is 13.7. The summed E-state index contributed by atoms with van der Waals surface area (Å²) in [6, 6.07) is 14.9. The fourth-order valence-electron chi connectivity index (χ4n) is 2.56. The molecule has 150 valence electrons. The number of carboxylic acid groups (broad SMARTS) is 1. The van der Waals surface area contributed by atoms with Crippen molar-refractivity contribution < 1.29 is 32.5 Å². The van der Waals surface area contributed by atoms with E-state index in [1.54, 1.807) is 31.2 Å². The number of carbonyl (C=O) groups is 1. The van der Waals surface area contributed by atoms with Gasteiger partial charge in [0.05, 0.1) is 23.0 Å². The van der Waals surface area contributed by atoms with E-state index in [1.807, 2.05) is 18.2 Å². The molecule has 5 nitrogen and oxygen atoms in total. The third-order valence-electron chi connectivity index (χ3n) is 3.99.